The Balaban J connectivity index is 1.55. The molecule has 1 amide bonds. The van der Waals surface area contributed by atoms with Gasteiger partial charge in [-0.1, -0.05) is 78.9 Å². The fraction of sp³-hybridized carbons (Fsp3) is 0.208. The first-order chi connectivity index (χ1) is 13.7. The number of ether oxygens (including phenoxy) is 1. The van der Waals surface area contributed by atoms with E-state index < -0.39 is 6.09 Å². The quantitative estimate of drug-likeness (QED) is 0.671. The van der Waals surface area contributed by atoms with Gasteiger partial charge in [0.15, 0.2) is 0 Å². The van der Waals surface area contributed by atoms with Gasteiger partial charge in [-0.3, -0.25) is 0 Å². The second kappa shape index (κ2) is 8.17. The van der Waals surface area contributed by atoms with Gasteiger partial charge in [-0.05, 0) is 28.7 Å². The first-order valence-electron chi connectivity index (χ1n) is 9.54. The summed E-state index contributed by atoms with van der Waals surface area (Å²) < 4.78 is 6.32. The van der Waals surface area contributed by atoms with E-state index in [9.17, 15) is 9.90 Å². The molecule has 2 atom stereocenters. The Labute approximate surface area is 164 Å². The van der Waals surface area contributed by atoms with Crippen molar-refractivity contribution in [3.05, 3.63) is 101 Å². The average Bonchev–Trinajstić information content (AvgIpc) is 3.14. The molecule has 0 bridgehead atoms. The van der Waals surface area contributed by atoms with E-state index in [0.29, 0.717) is 12.8 Å². The first-order valence-corrected chi connectivity index (χ1v) is 9.54. The summed E-state index contributed by atoms with van der Waals surface area (Å²) in [6.07, 6.45) is 0.857. The zero-order valence-electron chi connectivity index (χ0n) is 15.5. The maximum Gasteiger partial charge on any atom is 0.405 e. The molecule has 3 aromatic rings. The molecule has 2 N–H and O–H groups in total. The number of carbonyl (C=O) groups is 1. The maximum atomic E-state index is 11.4. The lowest BCUT2D eigenvalue weighted by Crippen LogP contribution is -2.46. The molecule has 4 heteroatoms. The minimum Gasteiger partial charge on any atom is -0.487 e. The van der Waals surface area contributed by atoms with Crippen LogP contribution in [0.3, 0.4) is 0 Å². The molecule has 4 nitrogen and oxygen atoms in total. The molecule has 0 aliphatic carbocycles. The fourth-order valence-electron chi connectivity index (χ4n) is 3.84. The molecule has 142 valence electrons. The molecule has 0 fully saturated rings. The molecular formula is C24H23NO3. The van der Waals surface area contributed by atoms with E-state index in [1.165, 1.54) is 5.56 Å². The van der Waals surface area contributed by atoms with Gasteiger partial charge in [-0.2, -0.15) is 0 Å². The van der Waals surface area contributed by atoms with E-state index in [4.69, 9.17) is 4.74 Å². The van der Waals surface area contributed by atoms with Crippen molar-refractivity contribution in [2.24, 2.45) is 0 Å². The van der Waals surface area contributed by atoms with Crippen molar-refractivity contribution in [3.63, 3.8) is 0 Å². The van der Waals surface area contributed by atoms with Crippen LogP contribution in [0, 0.1) is 0 Å². The number of amides is 1. The Hall–Kier alpha value is -3.27. The number of hydrogen-bond acceptors (Lipinski definition) is 2. The molecule has 0 spiro atoms. The maximum absolute atomic E-state index is 11.4. The number of fused-ring (bicyclic) bond motifs is 1. The normalized spacial score (nSPS) is 16.1. The van der Waals surface area contributed by atoms with Crippen LogP contribution in [0.25, 0.3) is 0 Å². The number of carboxylic acid groups (broad SMARTS) is 1. The van der Waals surface area contributed by atoms with Gasteiger partial charge in [0, 0.05) is 12.8 Å². The van der Waals surface area contributed by atoms with Crippen LogP contribution < -0.4 is 10.1 Å². The van der Waals surface area contributed by atoms with Crippen LogP contribution in [0.15, 0.2) is 78.9 Å². The lowest BCUT2D eigenvalue weighted by molar-refractivity contribution is 0.153. The lowest BCUT2D eigenvalue weighted by atomic mass is 9.96. The Bertz CT molecular complexity index is 941. The summed E-state index contributed by atoms with van der Waals surface area (Å²) >= 11 is 0. The predicted molar refractivity (Wildman–Crippen MR) is 109 cm³/mol. The van der Waals surface area contributed by atoms with E-state index >= 15 is 0 Å². The molecule has 0 saturated carbocycles. The van der Waals surface area contributed by atoms with Gasteiger partial charge in [0.05, 0.1) is 6.04 Å². The molecule has 0 saturated heterocycles. The highest BCUT2D eigenvalue weighted by Crippen LogP contribution is 2.35. The average molecular weight is 373 g/mol. The lowest BCUT2D eigenvalue weighted by Gasteiger charge is -2.23. The van der Waals surface area contributed by atoms with E-state index in [-0.39, 0.29) is 12.1 Å². The zero-order valence-corrected chi connectivity index (χ0v) is 15.5. The zero-order chi connectivity index (χ0) is 19.3. The first kappa shape index (κ1) is 18.1. The van der Waals surface area contributed by atoms with E-state index in [1.54, 1.807) is 0 Å². The van der Waals surface area contributed by atoms with Gasteiger partial charge in [0.1, 0.15) is 11.9 Å². The number of hydrogen-bond donors (Lipinski definition) is 2. The Kier molecular flexibility index (Phi) is 5.29. The number of rotatable bonds is 6. The Morgan fingerprint density at radius 1 is 0.964 bits per heavy atom. The molecule has 2 unspecified atom stereocenters. The largest absolute Gasteiger partial charge is 0.487 e. The van der Waals surface area contributed by atoms with Crippen LogP contribution in [-0.2, 0) is 19.3 Å². The number of nitrogens with one attached hydrogen (secondary N) is 1. The highest BCUT2D eigenvalue weighted by molar-refractivity contribution is 5.65. The molecule has 0 aromatic heterocycles. The third-order valence-corrected chi connectivity index (χ3v) is 5.16. The summed E-state index contributed by atoms with van der Waals surface area (Å²) in [5.74, 6) is 0.904. The van der Waals surface area contributed by atoms with Crippen molar-refractivity contribution < 1.29 is 14.6 Å². The Morgan fingerprint density at radius 2 is 1.64 bits per heavy atom. The number of para-hydroxylation sites is 1. The molecule has 1 aliphatic rings. The summed E-state index contributed by atoms with van der Waals surface area (Å²) in [5, 5.41) is 12.0. The molecule has 28 heavy (non-hydrogen) atoms. The van der Waals surface area contributed by atoms with Gasteiger partial charge in [-0.15, -0.1) is 0 Å². The summed E-state index contributed by atoms with van der Waals surface area (Å²) in [6.45, 7) is 0. The minimum atomic E-state index is -1.02. The van der Waals surface area contributed by atoms with Gasteiger partial charge in [-0.25, -0.2) is 4.79 Å². The monoisotopic (exact) mass is 373 g/mol. The highest BCUT2D eigenvalue weighted by atomic mass is 16.5. The van der Waals surface area contributed by atoms with E-state index in [1.807, 2.05) is 48.5 Å². The molecule has 4 rings (SSSR count). The number of benzene rings is 3. The van der Waals surface area contributed by atoms with Crippen molar-refractivity contribution >= 4 is 6.09 Å². The molecular weight excluding hydrogens is 350 g/mol. The van der Waals surface area contributed by atoms with Gasteiger partial charge >= 0.3 is 6.09 Å². The van der Waals surface area contributed by atoms with Crippen molar-refractivity contribution in [2.45, 2.75) is 31.4 Å². The van der Waals surface area contributed by atoms with Gasteiger partial charge in [0.2, 0.25) is 0 Å². The second-order valence-electron chi connectivity index (χ2n) is 7.17. The fourth-order valence-corrected chi connectivity index (χ4v) is 3.84. The molecule has 3 aromatic carbocycles. The van der Waals surface area contributed by atoms with Crippen molar-refractivity contribution in [1.82, 2.24) is 5.32 Å². The predicted octanol–water partition coefficient (Wildman–Crippen LogP) is 4.46. The van der Waals surface area contributed by atoms with E-state index in [2.05, 4.69) is 35.6 Å². The third-order valence-electron chi connectivity index (χ3n) is 5.16. The van der Waals surface area contributed by atoms with Gasteiger partial charge < -0.3 is 15.2 Å². The summed E-state index contributed by atoms with van der Waals surface area (Å²) in [4.78, 5) is 11.4. The van der Waals surface area contributed by atoms with E-state index in [0.717, 1.165) is 28.9 Å². The third kappa shape index (κ3) is 4.17. The van der Waals surface area contributed by atoms with Gasteiger partial charge in [0.25, 0.3) is 0 Å². The van der Waals surface area contributed by atoms with Crippen LogP contribution in [-0.4, -0.2) is 23.3 Å². The van der Waals surface area contributed by atoms with Crippen LogP contribution in [0.2, 0.25) is 0 Å². The summed E-state index contributed by atoms with van der Waals surface area (Å²) in [7, 11) is 0. The van der Waals surface area contributed by atoms with Crippen molar-refractivity contribution in [3.8, 4) is 5.75 Å². The molecule has 1 heterocycles. The standard InChI is InChI=1S/C24H23NO3/c26-24(27)25-21(15-18-10-5-2-6-11-18)22-16-20-13-7-12-19(23(20)28-22)14-17-8-3-1-4-9-17/h1-13,21-22,25H,14-16H2,(H,26,27). The summed E-state index contributed by atoms with van der Waals surface area (Å²) in [6, 6.07) is 26.1. The molecule has 1 aliphatic heterocycles. The smallest absolute Gasteiger partial charge is 0.405 e. The van der Waals surface area contributed by atoms with Crippen LogP contribution >= 0.6 is 0 Å². The second-order valence-corrected chi connectivity index (χ2v) is 7.17. The van der Waals surface area contributed by atoms with Crippen LogP contribution in [0.5, 0.6) is 5.75 Å². The van der Waals surface area contributed by atoms with Crippen molar-refractivity contribution in [2.75, 3.05) is 0 Å². The van der Waals surface area contributed by atoms with Crippen LogP contribution in [0.4, 0.5) is 4.79 Å². The SMILES string of the molecule is O=C(O)NC(Cc1ccccc1)C1Cc2cccc(Cc3ccccc3)c2O1. The minimum absolute atomic E-state index is 0.219. The topological polar surface area (TPSA) is 58.6 Å². The summed E-state index contributed by atoms with van der Waals surface area (Å²) in [5.41, 5.74) is 4.60. The highest BCUT2D eigenvalue weighted by Gasteiger charge is 2.32. The van der Waals surface area contributed by atoms with Crippen molar-refractivity contribution in [1.29, 1.82) is 0 Å². The van der Waals surface area contributed by atoms with Crippen LogP contribution in [0.1, 0.15) is 22.3 Å². The molecule has 0 radical (unpaired) electrons. The Morgan fingerprint density at radius 3 is 2.32 bits per heavy atom.